The summed E-state index contributed by atoms with van der Waals surface area (Å²) >= 11 is 6.08. The highest BCUT2D eigenvalue weighted by atomic mass is 35.5. The molecule has 1 aromatic carbocycles. The molecule has 0 bridgehead atoms. The maximum atomic E-state index is 11.6. The van der Waals surface area contributed by atoms with Gasteiger partial charge in [0.05, 0.1) is 16.8 Å². The summed E-state index contributed by atoms with van der Waals surface area (Å²) in [6.45, 7) is 7.08. The number of aliphatic hydroxyl groups excluding tert-OH is 1. The van der Waals surface area contributed by atoms with Crippen LogP contribution in [0.2, 0.25) is 5.02 Å². The van der Waals surface area contributed by atoms with Crippen molar-refractivity contribution >= 4 is 23.4 Å². The number of carbonyl (C=O) groups excluding carboxylic acids is 1. The predicted octanol–water partition coefficient (Wildman–Crippen LogP) is 3.61. The van der Waals surface area contributed by atoms with E-state index < -0.39 is 17.8 Å². The maximum absolute atomic E-state index is 11.6. The van der Waals surface area contributed by atoms with Crippen molar-refractivity contribution in [2.24, 2.45) is 0 Å². The molecule has 5 heteroatoms. The van der Waals surface area contributed by atoms with Gasteiger partial charge in [-0.25, -0.2) is 4.79 Å². The molecule has 1 atom stereocenters. The van der Waals surface area contributed by atoms with E-state index in [-0.39, 0.29) is 0 Å². The summed E-state index contributed by atoms with van der Waals surface area (Å²) in [6, 6.07) is 5.23. The molecular weight excluding hydrogens is 266 g/mol. The summed E-state index contributed by atoms with van der Waals surface area (Å²) in [4.78, 5) is 11.6. The second-order valence-corrected chi connectivity index (χ2v) is 5.90. The zero-order chi connectivity index (χ0) is 14.6. The molecule has 0 fully saturated rings. The van der Waals surface area contributed by atoms with Crippen LogP contribution >= 0.6 is 11.6 Å². The molecule has 4 nitrogen and oxygen atoms in total. The quantitative estimate of drug-likeness (QED) is 0.892. The van der Waals surface area contributed by atoms with Crippen molar-refractivity contribution in [3.63, 3.8) is 0 Å². The van der Waals surface area contributed by atoms with Crippen LogP contribution in [0.3, 0.4) is 0 Å². The number of nitrogens with one attached hydrogen (secondary N) is 1. The number of benzene rings is 1. The van der Waals surface area contributed by atoms with E-state index in [0.29, 0.717) is 17.1 Å². The summed E-state index contributed by atoms with van der Waals surface area (Å²) in [5.41, 5.74) is 0.850. The number of rotatable bonds is 3. The number of halogens is 1. The van der Waals surface area contributed by atoms with Gasteiger partial charge in [0, 0.05) is 0 Å². The van der Waals surface area contributed by atoms with Crippen LogP contribution in [0.4, 0.5) is 10.5 Å². The van der Waals surface area contributed by atoms with Crippen LogP contribution in [-0.2, 0) is 11.2 Å². The highest BCUT2D eigenvalue weighted by molar-refractivity contribution is 6.33. The number of hydrogen-bond acceptors (Lipinski definition) is 3. The van der Waals surface area contributed by atoms with Gasteiger partial charge in [0.25, 0.3) is 0 Å². The number of anilines is 1. The van der Waals surface area contributed by atoms with E-state index in [4.69, 9.17) is 16.3 Å². The topological polar surface area (TPSA) is 58.6 Å². The molecular formula is C14H20ClNO3. The minimum Gasteiger partial charge on any atom is -0.444 e. The fourth-order valence-corrected chi connectivity index (χ4v) is 1.79. The molecule has 0 radical (unpaired) electrons. The lowest BCUT2D eigenvalue weighted by Crippen LogP contribution is -2.27. The van der Waals surface area contributed by atoms with Crippen LogP contribution in [0.15, 0.2) is 18.2 Å². The van der Waals surface area contributed by atoms with Gasteiger partial charge in [-0.1, -0.05) is 17.7 Å². The Morgan fingerprint density at radius 2 is 2.11 bits per heavy atom. The Morgan fingerprint density at radius 1 is 1.47 bits per heavy atom. The van der Waals surface area contributed by atoms with Gasteiger partial charge in [0.15, 0.2) is 0 Å². The van der Waals surface area contributed by atoms with E-state index in [2.05, 4.69) is 5.32 Å². The number of hydrogen-bond donors (Lipinski definition) is 2. The number of amides is 1. The molecule has 0 saturated heterocycles. The number of carbonyl (C=O) groups is 1. The first-order valence-corrected chi connectivity index (χ1v) is 6.51. The summed E-state index contributed by atoms with van der Waals surface area (Å²) in [5.74, 6) is 0. The maximum Gasteiger partial charge on any atom is 0.412 e. The zero-order valence-electron chi connectivity index (χ0n) is 11.7. The largest absolute Gasteiger partial charge is 0.444 e. The van der Waals surface area contributed by atoms with E-state index in [9.17, 15) is 9.90 Å². The Balaban J connectivity index is 2.72. The van der Waals surface area contributed by atoms with Crippen molar-refractivity contribution in [2.75, 3.05) is 5.32 Å². The predicted molar refractivity (Wildman–Crippen MR) is 76.7 cm³/mol. The standard InChI is InChI=1S/C14H20ClNO3/c1-9(17)7-10-5-6-12(11(15)8-10)16-13(18)19-14(2,3)4/h5-6,8-9,17H,7H2,1-4H3,(H,16,18)/t9-/m0/s1. The number of ether oxygens (including phenoxy) is 1. The smallest absolute Gasteiger partial charge is 0.412 e. The highest BCUT2D eigenvalue weighted by Crippen LogP contribution is 2.24. The van der Waals surface area contributed by atoms with Crippen LogP contribution in [0.1, 0.15) is 33.3 Å². The van der Waals surface area contributed by atoms with E-state index in [1.54, 1.807) is 39.8 Å². The van der Waals surface area contributed by atoms with Gasteiger partial charge in [0.2, 0.25) is 0 Å². The van der Waals surface area contributed by atoms with Gasteiger partial charge in [-0.15, -0.1) is 0 Å². The number of aliphatic hydroxyl groups is 1. The average Bonchev–Trinajstić information content (AvgIpc) is 2.18. The van der Waals surface area contributed by atoms with Gasteiger partial charge in [-0.05, 0) is 51.8 Å². The lowest BCUT2D eigenvalue weighted by atomic mass is 10.1. The fraction of sp³-hybridized carbons (Fsp3) is 0.500. The lowest BCUT2D eigenvalue weighted by molar-refractivity contribution is 0.0636. The second kappa shape index (κ2) is 6.26. The molecule has 0 saturated carbocycles. The van der Waals surface area contributed by atoms with Crippen molar-refractivity contribution in [2.45, 2.75) is 45.8 Å². The SMILES string of the molecule is C[C@H](O)Cc1ccc(NC(=O)OC(C)(C)C)c(Cl)c1. The first-order valence-electron chi connectivity index (χ1n) is 6.14. The molecule has 0 unspecified atom stereocenters. The van der Waals surface area contributed by atoms with E-state index >= 15 is 0 Å². The first kappa shape index (κ1) is 15.8. The molecule has 0 heterocycles. The van der Waals surface area contributed by atoms with Crippen molar-refractivity contribution in [3.05, 3.63) is 28.8 Å². The Bertz CT molecular complexity index is 452. The minimum absolute atomic E-state index is 0.420. The van der Waals surface area contributed by atoms with Gasteiger partial charge in [-0.3, -0.25) is 5.32 Å². The van der Waals surface area contributed by atoms with Gasteiger partial charge in [0.1, 0.15) is 5.60 Å². The van der Waals surface area contributed by atoms with Crippen LogP contribution in [0, 0.1) is 0 Å². The normalized spacial score (nSPS) is 12.9. The highest BCUT2D eigenvalue weighted by Gasteiger charge is 2.17. The van der Waals surface area contributed by atoms with Crippen molar-refractivity contribution in [3.8, 4) is 0 Å². The second-order valence-electron chi connectivity index (χ2n) is 5.49. The van der Waals surface area contributed by atoms with Crippen molar-refractivity contribution < 1.29 is 14.6 Å². The summed E-state index contributed by atoms with van der Waals surface area (Å²) < 4.78 is 5.14. The van der Waals surface area contributed by atoms with Crippen LogP contribution in [0.25, 0.3) is 0 Å². The van der Waals surface area contributed by atoms with Crippen LogP contribution in [-0.4, -0.2) is 22.9 Å². The molecule has 0 aliphatic heterocycles. The van der Waals surface area contributed by atoms with E-state index in [0.717, 1.165) is 5.56 Å². The molecule has 0 spiro atoms. The zero-order valence-corrected chi connectivity index (χ0v) is 12.4. The Kier molecular flexibility index (Phi) is 5.20. The molecule has 0 aliphatic rings. The Hall–Kier alpha value is -1.26. The Labute approximate surface area is 118 Å². The molecule has 0 aromatic heterocycles. The molecule has 106 valence electrons. The van der Waals surface area contributed by atoms with E-state index in [1.165, 1.54) is 0 Å². The third-order valence-corrected chi connectivity index (χ3v) is 2.51. The van der Waals surface area contributed by atoms with Crippen LogP contribution < -0.4 is 5.32 Å². The molecule has 1 aromatic rings. The summed E-state index contributed by atoms with van der Waals surface area (Å²) in [5, 5.41) is 12.3. The third-order valence-electron chi connectivity index (χ3n) is 2.20. The molecule has 1 rings (SSSR count). The van der Waals surface area contributed by atoms with Gasteiger partial charge >= 0.3 is 6.09 Å². The molecule has 2 N–H and O–H groups in total. The summed E-state index contributed by atoms with van der Waals surface area (Å²) in [7, 11) is 0. The molecule has 19 heavy (non-hydrogen) atoms. The lowest BCUT2D eigenvalue weighted by Gasteiger charge is -2.20. The average molecular weight is 286 g/mol. The summed E-state index contributed by atoms with van der Waals surface area (Å²) in [6.07, 6.45) is -0.453. The molecule has 1 amide bonds. The van der Waals surface area contributed by atoms with Crippen molar-refractivity contribution in [1.29, 1.82) is 0 Å². The fourth-order valence-electron chi connectivity index (χ4n) is 1.54. The Morgan fingerprint density at radius 3 is 2.58 bits per heavy atom. The third kappa shape index (κ3) is 5.94. The molecule has 0 aliphatic carbocycles. The van der Waals surface area contributed by atoms with E-state index in [1.807, 2.05) is 6.07 Å². The first-order chi connectivity index (χ1) is 8.67. The van der Waals surface area contributed by atoms with Crippen molar-refractivity contribution in [1.82, 2.24) is 0 Å². The monoisotopic (exact) mass is 285 g/mol. The minimum atomic E-state index is -0.553. The van der Waals surface area contributed by atoms with Gasteiger partial charge < -0.3 is 9.84 Å². The van der Waals surface area contributed by atoms with Crippen LogP contribution in [0.5, 0.6) is 0 Å². The van der Waals surface area contributed by atoms with Gasteiger partial charge in [-0.2, -0.15) is 0 Å².